The lowest BCUT2D eigenvalue weighted by Crippen LogP contribution is -2.33. The summed E-state index contributed by atoms with van der Waals surface area (Å²) in [5.74, 6) is 1.12. The molecule has 1 aliphatic heterocycles. The van der Waals surface area contributed by atoms with E-state index in [0.717, 1.165) is 41.2 Å². The molecule has 3 aromatic rings. The highest BCUT2D eigenvalue weighted by Gasteiger charge is 2.22. The number of hydrogen-bond acceptors (Lipinski definition) is 3. The molecule has 2 aromatic carbocycles. The molecule has 138 valence electrons. The minimum absolute atomic E-state index is 0.0750. The average Bonchev–Trinajstić information content (AvgIpc) is 3.00. The van der Waals surface area contributed by atoms with Crippen LogP contribution in [0.5, 0.6) is 0 Å². The standard InChI is InChI=1S/C22H23N3O2/c1-27-16-17-7-9-19(10-8-17)22(26)24-12-11-21-23-15-20(25(21)14-13-24)18-5-3-2-4-6-18/h2-10,15H,11-14,16H2,1H3. The van der Waals surface area contributed by atoms with E-state index in [1.54, 1.807) is 7.11 Å². The average molecular weight is 361 g/mol. The van der Waals surface area contributed by atoms with Crippen molar-refractivity contribution in [3.63, 3.8) is 0 Å². The first-order valence-corrected chi connectivity index (χ1v) is 9.23. The molecule has 0 saturated heterocycles. The van der Waals surface area contributed by atoms with E-state index in [2.05, 4.69) is 21.7 Å². The second-order valence-electron chi connectivity index (χ2n) is 6.75. The quantitative estimate of drug-likeness (QED) is 0.716. The van der Waals surface area contributed by atoms with Crippen LogP contribution in [0.1, 0.15) is 21.7 Å². The van der Waals surface area contributed by atoms with Gasteiger partial charge in [-0.25, -0.2) is 4.98 Å². The van der Waals surface area contributed by atoms with Crippen molar-refractivity contribution in [1.29, 1.82) is 0 Å². The smallest absolute Gasteiger partial charge is 0.253 e. The van der Waals surface area contributed by atoms with Crippen molar-refractivity contribution in [2.75, 3.05) is 20.2 Å². The Labute approximate surface area is 159 Å². The number of benzene rings is 2. The van der Waals surface area contributed by atoms with Crippen LogP contribution in [0.4, 0.5) is 0 Å². The summed E-state index contributed by atoms with van der Waals surface area (Å²) >= 11 is 0. The molecule has 5 heteroatoms. The van der Waals surface area contributed by atoms with Gasteiger partial charge in [0, 0.05) is 38.7 Å². The Kier molecular flexibility index (Phi) is 5.03. The molecule has 4 rings (SSSR count). The zero-order valence-electron chi connectivity index (χ0n) is 15.5. The Hall–Kier alpha value is -2.92. The molecule has 0 unspecified atom stereocenters. The highest BCUT2D eigenvalue weighted by Crippen LogP contribution is 2.23. The van der Waals surface area contributed by atoms with E-state index in [0.29, 0.717) is 19.7 Å². The Morgan fingerprint density at radius 1 is 1.04 bits per heavy atom. The molecule has 0 spiro atoms. The molecule has 1 aromatic heterocycles. The summed E-state index contributed by atoms with van der Waals surface area (Å²) in [4.78, 5) is 19.4. The predicted molar refractivity (Wildman–Crippen MR) is 104 cm³/mol. The van der Waals surface area contributed by atoms with Crippen LogP contribution in [-0.2, 0) is 24.3 Å². The predicted octanol–water partition coefficient (Wildman–Crippen LogP) is 3.40. The lowest BCUT2D eigenvalue weighted by molar-refractivity contribution is 0.0759. The highest BCUT2D eigenvalue weighted by molar-refractivity contribution is 5.94. The monoisotopic (exact) mass is 361 g/mol. The second-order valence-corrected chi connectivity index (χ2v) is 6.75. The number of nitrogens with zero attached hydrogens (tertiary/aromatic N) is 3. The molecule has 0 radical (unpaired) electrons. The van der Waals surface area contributed by atoms with E-state index in [1.807, 2.05) is 53.6 Å². The third-order valence-electron chi connectivity index (χ3n) is 5.01. The molecule has 27 heavy (non-hydrogen) atoms. The molecule has 1 aliphatic rings. The van der Waals surface area contributed by atoms with Crippen LogP contribution < -0.4 is 0 Å². The van der Waals surface area contributed by atoms with Crippen LogP contribution >= 0.6 is 0 Å². The van der Waals surface area contributed by atoms with E-state index in [1.165, 1.54) is 0 Å². The fourth-order valence-corrected chi connectivity index (χ4v) is 3.57. The number of rotatable bonds is 4. The van der Waals surface area contributed by atoms with Gasteiger partial charge in [-0.1, -0.05) is 42.5 Å². The second kappa shape index (κ2) is 7.76. The number of carbonyl (C=O) groups excluding carboxylic acids is 1. The summed E-state index contributed by atoms with van der Waals surface area (Å²) in [6, 6.07) is 18.0. The molecule has 5 nitrogen and oxygen atoms in total. The minimum atomic E-state index is 0.0750. The number of amides is 1. The summed E-state index contributed by atoms with van der Waals surface area (Å²) in [6.45, 7) is 2.68. The van der Waals surface area contributed by atoms with Gasteiger partial charge in [-0.2, -0.15) is 0 Å². The Morgan fingerprint density at radius 3 is 2.56 bits per heavy atom. The number of fused-ring (bicyclic) bond motifs is 1. The zero-order valence-corrected chi connectivity index (χ0v) is 15.5. The maximum absolute atomic E-state index is 12.9. The Balaban J connectivity index is 1.50. The first-order valence-electron chi connectivity index (χ1n) is 9.23. The lowest BCUT2D eigenvalue weighted by Gasteiger charge is -2.20. The van der Waals surface area contributed by atoms with Crippen molar-refractivity contribution in [3.8, 4) is 11.3 Å². The highest BCUT2D eigenvalue weighted by atomic mass is 16.5. The molecular formula is C22H23N3O2. The molecule has 0 aliphatic carbocycles. The zero-order chi connectivity index (χ0) is 18.6. The summed E-state index contributed by atoms with van der Waals surface area (Å²) in [6.07, 6.45) is 2.71. The van der Waals surface area contributed by atoms with E-state index < -0.39 is 0 Å². The van der Waals surface area contributed by atoms with Crippen molar-refractivity contribution >= 4 is 5.91 Å². The van der Waals surface area contributed by atoms with Crippen molar-refractivity contribution in [2.45, 2.75) is 19.6 Å². The van der Waals surface area contributed by atoms with E-state index >= 15 is 0 Å². The van der Waals surface area contributed by atoms with E-state index in [-0.39, 0.29) is 5.91 Å². The number of imidazole rings is 1. The summed E-state index contributed by atoms with van der Waals surface area (Å²) in [5.41, 5.74) is 4.06. The fraction of sp³-hybridized carbons (Fsp3) is 0.273. The number of methoxy groups -OCH3 is 1. The molecule has 0 atom stereocenters. The van der Waals surface area contributed by atoms with Gasteiger partial charge in [-0.05, 0) is 23.3 Å². The van der Waals surface area contributed by atoms with Crippen LogP contribution in [0.2, 0.25) is 0 Å². The molecule has 0 fully saturated rings. The molecular weight excluding hydrogens is 338 g/mol. The van der Waals surface area contributed by atoms with Gasteiger partial charge in [0.05, 0.1) is 18.5 Å². The van der Waals surface area contributed by atoms with Gasteiger partial charge in [0.15, 0.2) is 0 Å². The van der Waals surface area contributed by atoms with Crippen LogP contribution in [-0.4, -0.2) is 40.6 Å². The van der Waals surface area contributed by atoms with Crippen LogP contribution in [0, 0.1) is 0 Å². The Morgan fingerprint density at radius 2 is 1.81 bits per heavy atom. The number of ether oxygens (including phenoxy) is 1. The van der Waals surface area contributed by atoms with Crippen molar-refractivity contribution in [3.05, 3.63) is 77.7 Å². The summed E-state index contributed by atoms with van der Waals surface area (Å²) < 4.78 is 7.37. The third-order valence-corrected chi connectivity index (χ3v) is 5.01. The van der Waals surface area contributed by atoms with Gasteiger partial charge in [0.25, 0.3) is 5.91 Å². The largest absolute Gasteiger partial charge is 0.380 e. The molecule has 2 heterocycles. The van der Waals surface area contributed by atoms with Gasteiger partial charge >= 0.3 is 0 Å². The molecule has 0 N–H and O–H groups in total. The maximum atomic E-state index is 12.9. The van der Waals surface area contributed by atoms with Crippen molar-refractivity contribution < 1.29 is 9.53 Å². The topological polar surface area (TPSA) is 47.4 Å². The minimum Gasteiger partial charge on any atom is -0.380 e. The van der Waals surface area contributed by atoms with Gasteiger partial charge in [0.1, 0.15) is 5.82 Å². The van der Waals surface area contributed by atoms with Crippen LogP contribution in [0.25, 0.3) is 11.3 Å². The Bertz CT molecular complexity index is 916. The fourth-order valence-electron chi connectivity index (χ4n) is 3.57. The van der Waals surface area contributed by atoms with Gasteiger partial charge in [-0.15, -0.1) is 0 Å². The number of hydrogen-bond donors (Lipinski definition) is 0. The third kappa shape index (κ3) is 3.64. The van der Waals surface area contributed by atoms with Gasteiger partial charge in [-0.3, -0.25) is 4.79 Å². The first-order chi connectivity index (χ1) is 13.3. The van der Waals surface area contributed by atoms with E-state index in [9.17, 15) is 4.79 Å². The summed E-state index contributed by atoms with van der Waals surface area (Å²) in [7, 11) is 1.67. The van der Waals surface area contributed by atoms with Gasteiger partial charge in [0.2, 0.25) is 0 Å². The maximum Gasteiger partial charge on any atom is 0.253 e. The van der Waals surface area contributed by atoms with Gasteiger partial charge < -0.3 is 14.2 Å². The summed E-state index contributed by atoms with van der Waals surface area (Å²) in [5, 5.41) is 0. The molecule has 0 bridgehead atoms. The van der Waals surface area contributed by atoms with E-state index in [4.69, 9.17) is 4.74 Å². The molecule has 1 amide bonds. The SMILES string of the molecule is COCc1ccc(C(=O)N2CCc3ncc(-c4ccccc4)n3CC2)cc1. The normalized spacial score (nSPS) is 13.9. The first kappa shape index (κ1) is 17.5. The van der Waals surface area contributed by atoms with Crippen LogP contribution in [0.3, 0.4) is 0 Å². The van der Waals surface area contributed by atoms with Crippen LogP contribution in [0.15, 0.2) is 60.8 Å². The molecule has 0 saturated carbocycles. The number of carbonyl (C=O) groups is 1. The number of aromatic nitrogens is 2. The van der Waals surface area contributed by atoms with Crippen molar-refractivity contribution in [1.82, 2.24) is 14.5 Å². The van der Waals surface area contributed by atoms with Crippen molar-refractivity contribution in [2.24, 2.45) is 0 Å². The lowest BCUT2D eigenvalue weighted by atomic mass is 10.1.